The van der Waals surface area contributed by atoms with Gasteiger partial charge in [0.05, 0.1) is 5.51 Å². The topological polar surface area (TPSA) is 112 Å². The van der Waals surface area contributed by atoms with Gasteiger partial charge in [0, 0.05) is 30.7 Å². The first-order valence-corrected chi connectivity index (χ1v) is 10.9. The summed E-state index contributed by atoms with van der Waals surface area (Å²) in [6.45, 7) is 1.55. The van der Waals surface area contributed by atoms with Gasteiger partial charge in [0.1, 0.15) is 11.6 Å². The molecule has 1 saturated heterocycles. The maximum atomic E-state index is 14.4. The summed E-state index contributed by atoms with van der Waals surface area (Å²) in [5.41, 5.74) is 1.71. The van der Waals surface area contributed by atoms with Crippen LogP contribution in [-0.4, -0.2) is 56.8 Å². The summed E-state index contributed by atoms with van der Waals surface area (Å²) in [5.74, 6) is -5.00. The molecule has 0 aliphatic carbocycles. The quantitative estimate of drug-likeness (QED) is 0.555. The smallest absolute Gasteiger partial charge is 0.475 e. The zero-order valence-corrected chi connectivity index (χ0v) is 17.4. The van der Waals surface area contributed by atoms with Crippen molar-refractivity contribution in [1.29, 1.82) is 0 Å². The third kappa shape index (κ3) is 6.48. The van der Waals surface area contributed by atoms with Gasteiger partial charge in [-0.1, -0.05) is 0 Å². The number of benzene rings is 1. The van der Waals surface area contributed by atoms with Gasteiger partial charge in [-0.05, 0) is 25.1 Å². The van der Waals surface area contributed by atoms with Crippen molar-refractivity contribution in [3.63, 3.8) is 0 Å². The van der Waals surface area contributed by atoms with Crippen LogP contribution >= 0.6 is 11.3 Å². The van der Waals surface area contributed by atoms with Gasteiger partial charge >= 0.3 is 12.1 Å². The fourth-order valence-corrected chi connectivity index (χ4v) is 4.32. The number of carbonyl (C=O) groups is 1. The Bertz CT molecular complexity index is 987. The minimum Gasteiger partial charge on any atom is -0.475 e. The Morgan fingerprint density at radius 1 is 1.32 bits per heavy atom. The summed E-state index contributed by atoms with van der Waals surface area (Å²) in [6.07, 6.45) is -4.23. The van der Waals surface area contributed by atoms with Gasteiger partial charge in [-0.2, -0.15) is 13.2 Å². The lowest BCUT2D eigenvalue weighted by Crippen LogP contribution is -2.33. The summed E-state index contributed by atoms with van der Waals surface area (Å²) in [5, 5.41) is 11.7. The molecular formula is C16H17F5N4O4S2. The highest BCUT2D eigenvalue weighted by atomic mass is 32.2. The van der Waals surface area contributed by atoms with Gasteiger partial charge in [0.15, 0.2) is 10.7 Å². The Morgan fingerprint density at radius 3 is 2.32 bits per heavy atom. The molecule has 0 unspecified atom stereocenters. The monoisotopic (exact) mass is 488 g/mol. The van der Waals surface area contributed by atoms with Crippen molar-refractivity contribution in [1.82, 2.24) is 10.3 Å². The Hall–Kier alpha value is -2.52. The molecule has 3 rings (SSSR count). The number of carboxylic acid groups (broad SMARTS) is 1. The Balaban J connectivity index is 0.000000423. The van der Waals surface area contributed by atoms with Crippen LogP contribution in [0.2, 0.25) is 0 Å². The predicted molar refractivity (Wildman–Crippen MR) is 103 cm³/mol. The second-order valence-corrected chi connectivity index (χ2v) is 8.62. The van der Waals surface area contributed by atoms with Crippen molar-refractivity contribution in [2.45, 2.75) is 23.5 Å². The molecule has 0 bridgehead atoms. The normalized spacial score (nSPS) is 16.4. The van der Waals surface area contributed by atoms with E-state index in [9.17, 15) is 30.4 Å². The van der Waals surface area contributed by atoms with Crippen LogP contribution < -0.4 is 14.9 Å². The molecule has 1 aliphatic rings. The summed E-state index contributed by atoms with van der Waals surface area (Å²) in [6, 6.07) is 2.19. The number of thiazole rings is 1. The zero-order valence-electron chi connectivity index (χ0n) is 15.8. The highest BCUT2D eigenvalue weighted by molar-refractivity contribution is 7.92. The SMILES string of the molecule is CN(c1cc(F)c(S(=O)(=O)Nc2cscn2)c(F)c1)[C@H]1CCNC1.O=C(O)C(F)(F)F. The van der Waals surface area contributed by atoms with E-state index in [2.05, 4.69) is 15.0 Å². The van der Waals surface area contributed by atoms with E-state index in [-0.39, 0.29) is 11.9 Å². The molecule has 172 valence electrons. The molecule has 0 radical (unpaired) electrons. The van der Waals surface area contributed by atoms with E-state index < -0.39 is 38.7 Å². The summed E-state index contributed by atoms with van der Waals surface area (Å²) in [7, 11) is -2.66. The number of aromatic nitrogens is 1. The Labute approximate surface area is 177 Å². The van der Waals surface area contributed by atoms with Gasteiger partial charge in [0.2, 0.25) is 0 Å². The minimum atomic E-state index is -5.08. The third-order valence-electron chi connectivity index (χ3n) is 4.15. The molecule has 15 heteroatoms. The number of hydrogen-bond donors (Lipinski definition) is 3. The van der Waals surface area contributed by atoms with E-state index in [1.165, 1.54) is 22.2 Å². The van der Waals surface area contributed by atoms with E-state index in [0.29, 0.717) is 12.2 Å². The van der Waals surface area contributed by atoms with Crippen molar-refractivity contribution >= 4 is 38.8 Å². The summed E-state index contributed by atoms with van der Waals surface area (Å²) in [4.78, 5) is 13.4. The number of nitrogens with zero attached hydrogens (tertiary/aromatic N) is 2. The third-order valence-corrected chi connectivity index (χ3v) is 6.15. The van der Waals surface area contributed by atoms with Gasteiger partial charge in [0.25, 0.3) is 10.0 Å². The number of likely N-dealkylation sites (N-methyl/N-ethyl adjacent to an activating group) is 1. The molecule has 1 fully saturated rings. The largest absolute Gasteiger partial charge is 0.490 e. The zero-order chi connectivity index (χ0) is 23.4. The predicted octanol–water partition coefficient (Wildman–Crippen LogP) is 2.65. The second kappa shape index (κ2) is 9.74. The lowest BCUT2D eigenvalue weighted by molar-refractivity contribution is -0.192. The molecule has 1 aliphatic heterocycles. The van der Waals surface area contributed by atoms with Gasteiger partial charge < -0.3 is 15.3 Å². The number of alkyl halides is 3. The average molecular weight is 488 g/mol. The van der Waals surface area contributed by atoms with E-state index >= 15 is 0 Å². The first-order valence-electron chi connectivity index (χ1n) is 8.46. The van der Waals surface area contributed by atoms with Gasteiger partial charge in [-0.15, -0.1) is 11.3 Å². The van der Waals surface area contributed by atoms with Gasteiger partial charge in [-0.25, -0.2) is 27.0 Å². The highest BCUT2D eigenvalue weighted by Gasteiger charge is 2.38. The van der Waals surface area contributed by atoms with Crippen LogP contribution in [0.5, 0.6) is 0 Å². The molecule has 2 aromatic rings. The molecule has 31 heavy (non-hydrogen) atoms. The molecule has 0 amide bonds. The standard InChI is InChI=1S/C14H16F2N4O2S2.C2HF3O2/c1-20(9-2-3-17-6-9)10-4-11(15)14(12(16)5-10)24(21,22)19-13-7-23-8-18-13;3-2(4,5)1(6)7/h4-5,7-9,17,19H,2-3,6H2,1H3;(H,6,7)/t9-;/m0./s1. The van der Waals surface area contributed by atoms with Crippen LogP contribution in [-0.2, 0) is 14.8 Å². The highest BCUT2D eigenvalue weighted by Crippen LogP contribution is 2.28. The minimum absolute atomic E-state index is 0.0250. The van der Waals surface area contributed by atoms with Gasteiger partial charge in [-0.3, -0.25) is 4.72 Å². The van der Waals surface area contributed by atoms with E-state index in [1.54, 1.807) is 11.9 Å². The molecule has 1 aromatic carbocycles. The number of aliphatic carboxylic acids is 1. The van der Waals surface area contributed by atoms with Crippen molar-refractivity contribution in [3.8, 4) is 0 Å². The lowest BCUT2D eigenvalue weighted by Gasteiger charge is -2.26. The fourth-order valence-electron chi connectivity index (χ4n) is 2.64. The summed E-state index contributed by atoms with van der Waals surface area (Å²) < 4.78 is 87.0. The Kier molecular flexibility index (Phi) is 7.77. The molecule has 0 saturated carbocycles. The van der Waals surface area contributed by atoms with Crippen molar-refractivity contribution < 1.29 is 40.3 Å². The van der Waals surface area contributed by atoms with Crippen molar-refractivity contribution in [3.05, 3.63) is 34.7 Å². The number of nitrogens with one attached hydrogen (secondary N) is 2. The van der Waals surface area contributed by atoms with Crippen LogP contribution in [0.1, 0.15) is 6.42 Å². The number of sulfonamides is 1. The maximum Gasteiger partial charge on any atom is 0.490 e. The van der Waals surface area contributed by atoms with E-state index in [4.69, 9.17) is 9.90 Å². The number of rotatable bonds is 5. The fraction of sp³-hybridized carbons (Fsp3) is 0.375. The van der Waals surface area contributed by atoms with Crippen LogP contribution in [0.15, 0.2) is 27.9 Å². The summed E-state index contributed by atoms with van der Waals surface area (Å²) >= 11 is 1.17. The number of anilines is 2. The number of hydrogen-bond acceptors (Lipinski definition) is 7. The molecule has 1 atom stereocenters. The van der Waals surface area contributed by atoms with Crippen LogP contribution in [0.4, 0.5) is 33.5 Å². The molecule has 1 aromatic heterocycles. The van der Waals surface area contributed by atoms with Crippen molar-refractivity contribution in [2.75, 3.05) is 29.8 Å². The molecular weight excluding hydrogens is 471 g/mol. The van der Waals surface area contributed by atoms with E-state index in [1.807, 2.05) is 0 Å². The molecule has 2 heterocycles. The first kappa shape index (κ1) is 24.7. The lowest BCUT2D eigenvalue weighted by atomic mass is 10.2. The van der Waals surface area contributed by atoms with Crippen LogP contribution in [0.25, 0.3) is 0 Å². The number of carboxylic acids is 1. The van der Waals surface area contributed by atoms with E-state index in [0.717, 1.165) is 25.1 Å². The van der Waals surface area contributed by atoms with Crippen molar-refractivity contribution in [2.24, 2.45) is 0 Å². The number of halogens is 5. The first-order chi connectivity index (χ1) is 14.3. The van der Waals surface area contributed by atoms with Crippen LogP contribution in [0.3, 0.4) is 0 Å². The second-order valence-electron chi connectivity index (χ2n) is 6.28. The Morgan fingerprint density at radius 2 is 1.90 bits per heavy atom. The average Bonchev–Trinajstić information content (AvgIpc) is 3.33. The molecule has 3 N–H and O–H groups in total. The molecule has 8 nitrogen and oxygen atoms in total. The molecule has 0 spiro atoms. The van der Waals surface area contributed by atoms with Crippen LogP contribution in [0, 0.1) is 11.6 Å². The maximum absolute atomic E-state index is 14.4.